The Morgan fingerprint density at radius 2 is 1.45 bits per heavy atom. The van der Waals surface area contributed by atoms with Gasteiger partial charge in [-0.2, -0.15) is 0 Å². The first kappa shape index (κ1) is 19.9. The highest BCUT2D eigenvalue weighted by Crippen LogP contribution is 2.24. The largest absolute Gasteiger partial charge is 0.508 e. The number of rotatable bonds is 6. The molecule has 0 radical (unpaired) electrons. The lowest BCUT2D eigenvalue weighted by Gasteiger charge is -2.21. The Bertz CT molecular complexity index is 948. The number of hydrogen-bond donors (Lipinski definition) is 4. The zero-order chi connectivity index (χ0) is 21.1. The van der Waals surface area contributed by atoms with E-state index in [1.54, 1.807) is 12.1 Å². The van der Waals surface area contributed by atoms with Crippen LogP contribution in [-0.2, 0) is 4.79 Å². The van der Waals surface area contributed by atoms with Gasteiger partial charge >= 0.3 is 0 Å². The summed E-state index contributed by atoms with van der Waals surface area (Å²) in [7, 11) is 0. The molecule has 1 aliphatic heterocycles. The molecule has 150 valence electrons. The van der Waals surface area contributed by atoms with Crippen molar-refractivity contribution in [3.05, 3.63) is 59.2 Å². The molecule has 3 rings (SSSR count). The van der Waals surface area contributed by atoms with Crippen LogP contribution in [0.15, 0.2) is 42.5 Å². The number of nitrogens with one attached hydrogen (secondary N) is 2. The molecule has 4 N–H and O–H groups in total. The predicted octanol–water partition coefficient (Wildman–Crippen LogP) is 0.628. The molecule has 0 aromatic heterocycles. The number of amides is 4. The predicted molar refractivity (Wildman–Crippen MR) is 102 cm³/mol. The summed E-state index contributed by atoms with van der Waals surface area (Å²) in [6, 6.07) is 8.83. The highest BCUT2D eigenvalue weighted by atomic mass is 16.3. The van der Waals surface area contributed by atoms with Crippen LogP contribution in [0.3, 0.4) is 0 Å². The van der Waals surface area contributed by atoms with Crippen molar-refractivity contribution in [1.82, 2.24) is 15.5 Å². The van der Waals surface area contributed by atoms with Gasteiger partial charge in [-0.05, 0) is 31.2 Å². The van der Waals surface area contributed by atoms with Crippen LogP contribution in [0.5, 0.6) is 11.5 Å². The van der Waals surface area contributed by atoms with E-state index in [4.69, 9.17) is 0 Å². The van der Waals surface area contributed by atoms with Gasteiger partial charge in [-0.25, -0.2) is 0 Å². The number of carbonyl (C=O) groups excluding carboxylic acids is 4. The number of carbonyl (C=O) groups is 4. The number of phenolic OH excluding ortho intramolecular Hbond substituents is 2. The van der Waals surface area contributed by atoms with Gasteiger partial charge in [0.25, 0.3) is 17.7 Å². The van der Waals surface area contributed by atoms with Crippen LogP contribution < -0.4 is 10.6 Å². The van der Waals surface area contributed by atoms with Crippen molar-refractivity contribution >= 4 is 23.6 Å². The Kier molecular flexibility index (Phi) is 5.49. The molecule has 0 saturated heterocycles. The fourth-order valence-corrected chi connectivity index (χ4v) is 3.01. The smallest absolute Gasteiger partial charge is 0.262 e. The van der Waals surface area contributed by atoms with Crippen molar-refractivity contribution < 1.29 is 29.4 Å². The van der Waals surface area contributed by atoms with Crippen molar-refractivity contribution in [3.63, 3.8) is 0 Å². The Morgan fingerprint density at radius 3 is 2.00 bits per heavy atom. The number of fused-ring (bicyclic) bond motifs is 1. The molecule has 1 aliphatic rings. The molecule has 29 heavy (non-hydrogen) atoms. The van der Waals surface area contributed by atoms with Crippen LogP contribution in [0.2, 0.25) is 0 Å². The summed E-state index contributed by atoms with van der Waals surface area (Å²) < 4.78 is 0. The Morgan fingerprint density at radius 1 is 0.931 bits per heavy atom. The lowest BCUT2D eigenvalue weighted by molar-refractivity contribution is -0.124. The molecule has 0 fully saturated rings. The third-order valence-electron chi connectivity index (χ3n) is 4.47. The van der Waals surface area contributed by atoms with E-state index in [1.165, 1.54) is 31.2 Å². The molecular weight excluding hydrogens is 378 g/mol. The lowest BCUT2D eigenvalue weighted by atomic mass is 10.1. The summed E-state index contributed by atoms with van der Waals surface area (Å²) in [6.07, 6.45) is 0. The quantitative estimate of drug-likeness (QED) is 0.417. The summed E-state index contributed by atoms with van der Waals surface area (Å²) >= 11 is 0. The number of benzene rings is 2. The first-order valence-corrected chi connectivity index (χ1v) is 8.85. The maximum Gasteiger partial charge on any atom is 0.262 e. The van der Waals surface area contributed by atoms with Gasteiger partial charge in [-0.15, -0.1) is 0 Å². The monoisotopic (exact) mass is 397 g/mol. The van der Waals surface area contributed by atoms with Crippen molar-refractivity contribution in [3.8, 4) is 11.5 Å². The van der Waals surface area contributed by atoms with E-state index >= 15 is 0 Å². The fourth-order valence-electron chi connectivity index (χ4n) is 3.01. The van der Waals surface area contributed by atoms with Crippen LogP contribution in [0.4, 0.5) is 0 Å². The Hall–Kier alpha value is -3.88. The second-order valence-corrected chi connectivity index (χ2v) is 6.49. The number of phenols is 2. The highest BCUT2D eigenvalue weighted by molar-refractivity contribution is 6.22. The first-order valence-electron chi connectivity index (χ1n) is 8.85. The van der Waals surface area contributed by atoms with Gasteiger partial charge in [-0.3, -0.25) is 24.1 Å². The van der Waals surface area contributed by atoms with Crippen molar-refractivity contribution in [2.75, 3.05) is 13.1 Å². The molecule has 1 heterocycles. The van der Waals surface area contributed by atoms with E-state index in [2.05, 4.69) is 10.6 Å². The summed E-state index contributed by atoms with van der Waals surface area (Å²) in [4.78, 5) is 50.1. The summed E-state index contributed by atoms with van der Waals surface area (Å²) in [6.45, 7) is 1.57. The van der Waals surface area contributed by atoms with Crippen LogP contribution in [0, 0.1) is 0 Å². The number of aromatic hydroxyl groups is 2. The first-order chi connectivity index (χ1) is 13.8. The van der Waals surface area contributed by atoms with Gasteiger partial charge in [0.1, 0.15) is 17.5 Å². The zero-order valence-corrected chi connectivity index (χ0v) is 15.5. The van der Waals surface area contributed by atoms with Crippen LogP contribution in [0.1, 0.15) is 38.0 Å². The van der Waals surface area contributed by atoms with E-state index < -0.39 is 29.7 Å². The van der Waals surface area contributed by atoms with E-state index in [0.29, 0.717) is 0 Å². The zero-order valence-electron chi connectivity index (χ0n) is 15.5. The second-order valence-electron chi connectivity index (χ2n) is 6.49. The molecule has 4 amide bonds. The Labute approximate surface area is 165 Å². The summed E-state index contributed by atoms with van der Waals surface area (Å²) in [5.74, 6) is -2.63. The summed E-state index contributed by atoms with van der Waals surface area (Å²) in [5.41, 5.74) is 0.589. The molecule has 0 spiro atoms. The van der Waals surface area contributed by atoms with Crippen molar-refractivity contribution in [1.29, 1.82) is 0 Å². The topological polar surface area (TPSA) is 136 Å². The van der Waals surface area contributed by atoms with Crippen LogP contribution in [-0.4, -0.2) is 57.9 Å². The molecule has 0 bridgehead atoms. The van der Waals surface area contributed by atoms with Crippen LogP contribution in [0.25, 0.3) is 0 Å². The van der Waals surface area contributed by atoms with Crippen molar-refractivity contribution in [2.45, 2.75) is 13.0 Å². The Balaban J connectivity index is 1.52. The van der Waals surface area contributed by atoms with E-state index in [9.17, 15) is 29.4 Å². The minimum atomic E-state index is -1.01. The molecule has 9 nitrogen and oxygen atoms in total. The molecule has 2 aromatic rings. The summed E-state index contributed by atoms with van der Waals surface area (Å²) in [5, 5.41) is 23.9. The lowest BCUT2D eigenvalue weighted by Crippen LogP contribution is -2.49. The van der Waals surface area contributed by atoms with Crippen molar-refractivity contribution in [2.24, 2.45) is 0 Å². The number of nitrogens with zero attached hydrogens (tertiary/aromatic N) is 1. The molecule has 1 atom stereocenters. The van der Waals surface area contributed by atoms with E-state index in [1.807, 2.05) is 0 Å². The molecular formula is C20H19N3O6. The van der Waals surface area contributed by atoms with Gasteiger partial charge in [-0.1, -0.05) is 12.1 Å². The van der Waals surface area contributed by atoms with Gasteiger partial charge in [0.2, 0.25) is 5.91 Å². The molecule has 0 saturated carbocycles. The maximum atomic E-state index is 12.4. The number of imide groups is 1. The van der Waals surface area contributed by atoms with Gasteiger partial charge < -0.3 is 20.8 Å². The maximum absolute atomic E-state index is 12.4. The van der Waals surface area contributed by atoms with Crippen LogP contribution >= 0.6 is 0 Å². The molecule has 0 aliphatic carbocycles. The minimum absolute atomic E-state index is 0.0584. The standard InChI is InChI=1S/C20H19N3O6/c1-11(23-19(28)15-4-2-3-5-16(15)20(23)29)17(26)21-6-7-22-18(27)12-8-13(24)10-14(25)9-12/h2-5,8-11,24-25H,6-7H2,1H3,(H,21,26)(H,22,27). The SMILES string of the molecule is CC(C(=O)NCCNC(=O)c1cc(O)cc(O)c1)N1C(=O)c2ccccc2C1=O. The molecule has 1 unspecified atom stereocenters. The van der Waals surface area contributed by atoms with Gasteiger partial charge in [0, 0.05) is 24.7 Å². The third kappa shape index (κ3) is 4.03. The fraction of sp³-hybridized carbons (Fsp3) is 0.200. The van der Waals surface area contributed by atoms with Gasteiger partial charge in [0.05, 0.1) is 11.1 Å². The third-order valence-corrected chi connectivity index (χ3v) is 4.47. The second kappa shape index (κ2) is 8.01. The molecule has 9 heteroatoms. The normalized spacial score (nSPS) is 13.8. The average Bonchev–Trinajstić information content (AvgIpc) is 2.94. The average molecular weight is 397 g/mol. The number of hydrogen-bond acceptors (Lipinski definition) is 6. The molecule has 2 aromatic carbocycles. The van der Waals surface area contributed by atoms with Gasteiger partial charge in [0.15, 0.2) is 0 Å². The minimum Gasteiger partial charge on any atom is -0.508 e. The van der Waals surface area contributed by atoms with E-state index in [-0.39, 0.29) is 41.3 Å². The highest BCUT2D eigenvalue weighted by Gasteiger charge is 2.40. The van der Waals surface area contributed by atoms with E-state index in [0.717, 1.165) is 11.0 Å².